The maximum atomic E-state index is 11.0. The lowest BCUT2D eigenvalue weighted by molar-refractivity contribution is 0.108. The minimum Gasteiger partial charge on any atom is -0.276 e. The first-order valence-electron chi connectivity index (χ1n) is 4.06. The summed E-state index contributed by atoms with van der Waals surface area (Å²) in [5.74, 6) is 0. The van der Waals surface area contributed by atoms with Crippen LogP contribution in [0.25, 0.3) is 10.6 Å². The maximum Gasteiger partial charge on any atom is 0.252 e. The Morgan fingerprint density at radius 3 is 2.69 bits per heavy atom. The Morgan fingerprint density at radius 1 is 1.38 bits per heavy atom. The van der Waals surface area contributed by atoms with E-state index in [1.807, 2.05) is 0 Å². The molecule has 1 aromatic carbocycles. The minimum atomic E-state index is -0.526. The average Bonchev–Trinajstić information content (AvgIpc) is 2.65. The van der Waals surface area contributed by atoms with Gasteiger partial charge in [0.25, 0.3) is 5.24 Å². The molecular formula is C9H3BrCl2N2OS. The number of hydrogen-bond acceptors (Lipinski definition) is 4. The van der Waals surface area contributed by atoms with E-state index in [9.17, 15) is 4.79 Å². The van der Waals surface area contributed by atoms with E-state index >= 15 is 0 Å². The second-order valence-electron chi connectivity index (χ2n) is 2.83. The summed E-state index contributed by atoms with van der Waals surface area (Å²) in [6.45, 7) is 0. The molecule has 16 heavy (non-hydrogen) atoms. The maximum absolute atomic E-state index is 11.0. The fourth-order valence-electron chi connectivity index (χ4n) is 1.13. The average molecular weight is 338 g/mol. The van der Waals surface area contributed by atoms with Crippen LogP contribution in [0.3, 0.4) is 0 Å². The van der Waals surface area contributed by atoms with Gasteiger partial charge in [0, 0.05) is 11.1 Å². The molecule has 7 heteroatoms. The smallest absolute Gasteiger partial charge is 0.252 e. The predicted molar refractivity (Wildman–Crippen MR) is 68.2 cm³/mol. The minimum absolute atomic E-state index is 0.382. The van der Waals surface area contributed by atoms with Crippen LogP contribution in [0.15, 0.2) is 22.1 Å². The first kappa shape index (κ1) is 12.0. The van der Waals surface area contributed by atoms with Crippen molar-refractivity contribution in [1.29, 1.82) is 0 Å². The van der Waals surface area contributed by atoms with E-state index in [0.717, 1.165) is 0 Å². The van der Waals surface area contributed by atoms with Gasteiger partial charge >= 0.3 is 0 Å². The van der Waals surface area contributed by atoms with Gasteiger partial charge in [-0.3, -0.25) is 4.79 Å². The van der Waals surface area contributed by atoms with Crippen LogP contribution in [0, 0.1) is 0 Å². The first-order valence-corrected chi connectivity index (χ1v) is 6.43. The molecule has 0 spiro atoms. The van der Waals surface area contributed by atoms with Gasteiger partial charge in [0.05, 0.1) is 5.02 Å². The molecule has 0 aliphatic rings. The summed E-state index contributed by atoms with van der Waals surface area (Å²) in [6.07, 6.45) is 0. The van der Waals surface area contributed by atoms with E-state index in [2.05, 4.69) is 26.1 Å². The number of rotatable bonds is 2. The quantitative estimate of drug-likeness (QED) is 0.778. The van der Waals surface area contributed by atoms with Crippen molar-refractivity contribution in [3.8, 4) is 10.6 Å². The standard InChI is InChI=1S/C9H3BrCl2N2OS/c10-9-14-13-8(16-9)5-3-4(7(12)15)1-2-6(5)11/h1-3H. The Kier molecular flexibility index (Phi) is 3.59. The molecule has 0 atom stereocenters. The second kappa shape index (κ2) is 4.79. The van der Waals surface area contributed by atoms with Crippen molar-refractivity contribution in [3.05, 3.63) is 32.7 Å². The molecule has 1 heterocycles. The fourth-order valence-corrected chi connectivity index (χ4v) is 2.65. The SMILES string of the molecule is O=C(Cl)c1ccc(Cl)c(-c2nnc(Br)s2)c1. The van der Waals surface area contributed by atoms with Gasteiger partial charge in [0.2, 0.25) is 0 Å². The molecular weight excluding hydrogens is 335 g/mol. The van der Waals surface area contributed by atoms with Crippen molar-refractivity contribution in [2.75, 3.05) is 0 Å². The molecule has 0 bridgehead atoms. The van der Waals surface area contributed by atoms with Crippen LogP contribution in [-0.4, -0.2) is 15.4 Å². The summed E-state index contributed by atoms with van der Waals surface area (Å²) in [5, 5.41) is 8.36. The zero-order valence-electron chi connectivity index (χ0n) is 7.58. The van der Waals surface area contributed by atoms with Crippen LogP contribution in [0.4, 0.5) is 0 Å². The largest absolute Gasteiger partial charge is 0.276 e. The van der Waals surface area contributed by atoms with Gasteiger partial charge in [-0.25, -0.2) is 0 Å². The molecule has 0 radical (unpaired) electrons. The van der Waals surface area contributed by atoms with E-state index in [0.29, 0.717) is 25.1 Å². The molecule has 0 aliphatic heterocycles. The zero-order chi connectivity index (χ0) is 11.7. The van der Waals surface area contributed by atoms with Gasteiger partial charge < -0.3 is 0 Å². The Morgan fingerprint density at radius 2 is 2.12 bits per heavy atom. The Hall–Kier alpha value is -0.490. The number of carbonyl (C=O) groups is 1. The second-order valence-corrected chi connectivity index (χ2v) is 5.83. The summed E-state index contributed by atoms with van der Waals surface area (Å²) in [7, 11) is 0. The van der Waals surface area contributed by atoms with Crippen LogP contribution in [0.2, 0.25) is 5.02 Å². The van der Waals surface area contributed by atoms with Crippen molar-refractivity contribution >= 4 is 55.7 Å². The van der Waals surface area contributed by atoms with Crippen molar-refractivity contribution in [2.24, 2.45) is 0 Å². The van der Waals surface area contributed by atoms with Gasteiger partial charge in [0.15, 0.2) is 3.92 Å². The summed E-state index contributed by atoms with van der Waals surface area (Å²) < 4.78 is 0.654. The molecule has 0 amide bonds. The highest BCUT2D eigenvalue weighted by Crippen LogP contribution is 2.32. The van der Waals surface area contributed by atoms with Crippen LogP contribution in [0.1, 0.15) is 10.4 Å². The summed E-state index contributed by atoms with van der Waals surface area (Å²) in [6, 6.07) is 4.78. The van der Waals surface area contributed by atoms with Gasteiger partial charge in [-0.15, -0.1) is 10.2 Å². The lowest BCUT2D eigenvalue weighted by Gasteiger charge is -2.01. The Labute approximate surface area is 114 Å². The molecule has 0 aliphatic carbocycles. The molecule has 2 aromatic rings. The van der Waals surface area contributed by atoms with Gasteiger partial charge in [-0.2, -0.15) is 0 Å². The summed E-state index contributed by atoms with van der Waals surface area (Å²) >= 11 is 16.0. The molecule has 1 aromatic heterocycles. The van der Waals surface area contributed by atoms with Crippen LogP contribution >= 0.6 is 50.5 Å². The highest BCUT2D eigenvalue weighted by Gasteiger charge is 2.12. The first-order chi connectivity index (χ1) is 7.58. The predicted octanol–water partition coefficient (Wildman–Crippen LogP) is 4.00. The number of halogens is 3. The van der Waals surface area contributed by atoms with E-state index < -0.39 is 5.24 Å². The van der Waals surface area contributed by atoms with Crippen molar-refractivity contribution in [1.82, 2.24) is 10.2 Å². The molecule has 0 saturated heterocycles. The summed E-state index contributed by atoms with van der Waals surface area (Å²) in [4.78, 5) is 11.0. The van der Waals surface area contributed by atoms with Crippen LogP contribution < -0.4 is 0 Å². The van der Waals surface area contributed by atoms with Gasteiger partial charge in [0.1, 0.15) is 5.01 Å². The number of nitrogens with zero attached hydrogens (tertiary/aromatic N) is 2. The molecule has 3 nitrogen and oxygen atoms in total. The number of carbonyl (C=O) groups excluding carboxylic acids is 1. The third kappa shape index (κ3) is 2.43. The van der Waals surface area contributed by atoms with Crippen molar-refractivity contribution in [2.45, 2.75) is 0 Å². The highest BCUT2D eigenvalue weighted by molar-refractivity contribution is 9.11. The third-order valence-electron chi connectivity index (χ3n) is 1.82. The zero-order valence-corrected chi connectivity index (χ0v) is 11.5. The lowest BCUT2D eigenvalue weighted by Crippen LogP contribution is -1.90. The fraction of sp³-hybridized carbons (Fsp3) is 0. The van der Waals surface area contributed by atoms with Crippen molar-refractivity contribution < 1.29 is 4.79 Å². The summed E-state index contributed by atoms with van der Waals surface area (Å²) in [5.41, 5.74) is 1.03. The normalized spacial score (nSPS) is 10.4. The lowest BCUT2D eigenvalue weighted by atomic mass is 10.1. The van der Waals surface area contributed by atoms with E-state index in [1.54, 1.807) is 18.2 Å². The molecule has 2 rings (SSSR count). The molecule has 0 fully saturated rings. The molecule has 0 N–H and O–H groups in total. The number of benzene rings is 1. The topological polar surface area (TPSA) is 42.9 Å². The van der Waals surface area contributed by atoms with Crippen LogP contribution in [-0.2, 0) is 0 Å². The molecule has 0 saturated carbocycles. The molecule has 0 unspecified atom stereocenters. The van der Waals surface area contributed by atoms with Crippen LogP contribution in [0.5, 0.6) is 0 Å². The molecule has 82 valence electrons. The van der Waals surface area contributed by atoms with Gasteiger partial charge in [-0.05, 0) is 45.7 Å². The highest BCUT2D eigenvalue weighted by atomic mass is 79.9. The van der Waals surface area contributed by atoms with Crippen molar-refractivity contribution in [3.63, 3.8) is 0 Å². The number of hydrogen-bond donors (Lipinski definition) is 0. The van der Waals surface area contributed by atoms with E-state index in [1.165, 1.54) is 11.3 Å². The monoisotopic (exact) mass is 336 g/mol. The third-order valence-corrected chi connectivity index (χ3v) is 3.76. The van der Waals surface area contributed by atoms with E-state index in [4.69, 9.17) is 23.2 Å². The van der Waals surface area contributed by atoms with E-state index in [-0.39, 0.29) is 0 Å². The van der Waals surface area contributed by atoms with Gasteiger partial charge in [-0.1, -0.05) is 22.9 Å². The Balaban J connectivity index is 2.55. The number of aromatic nitrogens is 2. The Bertz CT molecular complexity index is 558.